The van der Waals surface area contributed by atoms with Crippen LogP contribution in [0.4, 0.5) is 5.69 Å². The molecule has 1 aromatic rings. The van der Waals surface area contributed by atoms with Crippen LogP contribution in [0.25, 0.3) is 0 Å². The van der Waals surface area contributed by atoms with Crippen molar-refractivity contribution in [2.75, 3.05) is 18.5 Å². The SMILES string of the molecule is CCCCc1ccc(NCC(O)COC2CCCC2)cc1. The van der Waals surface area contributed by atoms with E-state index in [-0.39, 0.29) is 0 Å². The number of aliphatic hydroxyl groups is 1. The van der Waals surface area contributed by atoms with Crippen molar-refractivity contribution in [1.29, 1.82) is 0 Å². The topological polar surface area (TPSA) is 41.5 Å². The monoisotopic (exact) mass is 291 g/mol. The summed E-state index contributed by atoms with van der Waals surface area (Å²) in [6.07, 6.45) is 8.39. The van der Waals surface area contributed by atoms with Crippen LogP contribution >= 0.6 is 0 Å². The molecule has 0 saturated heterocycles. The smallest absolute Gasteiger partial charge is 0.0945 e. The summed E-state index contributed by atoms with van der Waals surface area (Å²) in [5.74, 6) is 0. The fourth-order valence-corrected chi connectivity index (χ4v) is 2.77. The fourth-order valence-electron chi connectivity index (χ4n) is 2.77. The van der Waals surface area contributed by atoms with Gasteiger partial charge in [0.1, 0.15) is 0 Å². The maximum atomic E-state index is 9.95. The zero-order valence-electron chi connectivity index (χ0n) is 13.2. The van der Waals surface area contributed by atoms with Gasteiger partial charge in [-0.3, -0.25) is 0 Å². The maximum Gasteiger partial charge on any atom is 0.0945 e. The molecule has 0 bridgehead atoms. The number of rotatable bonds is 9. The van der Waals surface area contributed by atoms with E-state index in [9.17, 15) is 5.11 Å². The second-order valence-electron chi connectivity index (χ2n) is 6.08. The molecule has 2 rings (SSSR count). The van der Waals surface area contributed by atoms with E-state index in [4.69, 9.17) is 4.74 Å². The fraction of sp³-hybridized carbons (Fsp3) is 0.667. The van der Waals surface area contributed by atoms with Gasteiger partial charge in [-0.05, 0) is 43.4 Å². The number of aryl methyl sites for hydroxylation is 1. The van der Waals surface area contributed by atoms with E-state index in [0.717, 1.165) is 24.9 Å². The number of anilines is 1. The Labute approximate surface area is 128 Å². The van der Waals surface area contributed by atoms with Crippen LogP contribution in [0.2, 0.25) is 0 Å². The Morgan fingerprint density at radius 3 is 2.62 bits per heavy atom. The van der Waals surface area contributed by atoms with Crippen molar-refractivity contribution < 1.29 is 9.84 Å². The van der Waals surface area contributed by atoms with Crippen LogP contribution in [0.3, 0.4) is 0 Å². The van der Waals surface area contributed by atoms with Gasteiger partial charge in [0, 0.05) is 12.2 Å². The quantitative estimate of drug-likeness (QED) is 0.728. The highest BCUT2D eigenvalue weighted by Crippen LogP contribution is 2.21. The molecule has 118 valence electrons. The van der Waals surface area contributed by atoms with E-state index in [1.54, 1.807) is 0 Å². The van der Waals surface area contributed by atoms with Gasteiger partial charge in [-0.1, -0.05) is 38.3 Å². The first-order valence-corrected chi connectivity index (χ1v) is 8.40. The van der Waals surface area contributed by atoms with Crippen molar-refractivity contribution in [3.8, 4) is 0 Å². The van der Waals surface area contributed by atoms with E-state index in [0.29, 0.717) is 19.3 Å². The first kappa shape index (κ1) is 16.3. The third-order valence-corrected chi connectivity index (χ3v) is 4.14. The van der Waals surface area contributed by atoms with Crippen molar-refractivity contribution in [2.24, 2.45) is 0 Å². The highest BCUT2D eigenvalue weighted by molar-refractivity contribution is 5.44. The van der Waals surface area contributed by atoms with Gasteiger partial charge in [-0.15, -0.1) is 0 Å². The lowest BCUT2D eigenvalue weighted by molar-refractivity contribution is -0.00117. The molecule has 1 atom stereocenters. The predicted molar refractivity (Wildman–Crippen MR) is 87.8 cm³/mol. The van der Waals surface area contributed by atoms with Crippen LogP contribution in [0.1, 0.15) is 51.0 Å². The molecule has 0 amide bonds. The average molecular weight is 291 g/mol. The zero-order chi connectivity index (χ0) is 14.9. The van der Waals surface area contributed by atoms with E-state index < -0.39 is 6.10 Å². The van der Waals surface area contributed by atoms with Gasteiger partial charge in [-0.25, -0.2) is 0 Å². The highest BCUT2D eigenvalue weighted by atomic mass is 16.5. The molecule has 1 aromatic carbocycles. The Morgan fingerprint density at radius 1 is 1.24 bits per heavy atom. The largest absolute Gasteiger partial charge is 0.389 e. The molecule has 21 heavy (non-hydrogen) atoms. The van der Waals surface area contributed by atoms with Gasteiger partial charge >= 0.3 is 0 Å². The van der Waals surface area contributed by atoms with E-state index in [1.165, 1.54) is 31.2 Å². The summed E-state index contributed by atoms with van der Waals surface area (Å²) >= 11 is 0. The highest BCUT2D eigenvalue weighted by Gasteiger charge is 2.16. The molecule has 2 N–H and O–H groups in total. The molecular weight excluding hydrogens is 262 g/mol. The molecule has 0 spiro atoms. The molecular formula is C18H29NO2. The first-order chi connectivity index (χ1) is 10.3. The van der Waals surface area contributed by atoms with Crippen LogP contribution in [0.5, 0.6) is 0 Å². The number of ether oxygens (including phenoxy) is 1. The van der Waals surface area contributed by atoms with Crippen molar-refractivity contribution in [3.63, 3.8) is 0 Å². The second kappa shape index (κ2) is 9.06. The maximum absolute atomic E-state index is 9.95. The van der Waals surface area contributed by atoms with Gasteiger partial charge in [0.15, 0.2) is 0 Å². The number of unbranched alkanes of at least 4 members (excludes halogenated alkanes) is 1. The van der Waals surface area contributed by atoms with E-state index in [2.05, 4.69) is 36.5 Å². The first-order valence-electron chi connectivity index (χ1n) is 8.40. The van der Waals surface area contributed by atoms with Gasteiger partial charge in [0.2, 0.25) is 0 Å². The second-order valence-corrected chi connectivity index (χ2v) is 6.08. The number of benzene rings is 1. The molecule has 1 aliphatic carbocycles. The molecule has 1 aliphatic rings. The van der Waals surface area contributed by atoms with Crippen LogP contribution in [0.15, 0.2) is 24.3 Å². The lowest BCUT2D eigenvalue weighted by Gasteiger charge is -2.16. The van der Waals surface area contributed by atoms with Crippen molar-refractivity contribution in [1.82, 2.24) is 0 Å². The summed E-state index contributed by atoms with van der Waals surface area (Å²) in [6, 6.07) is 8.52. The van der Waals surface area contributed by atoms with E-state index >= 15 is 0 Å². The molecule has 0 heterocycles. The zero-order valence-corrected chi connectivity index (χ0v) is 13.2. The van der Waals surface area contributed by atoms with Gasteiger partial charge < -0.3 is 15.2 Å². The van der Waals surface area contributed by atoms with Crippen molar-refractivity contribution in [2.45, 2.75) is 64.1 Å². The summed E-state index contributed by atoms with van der Waals surface area (Å²) < 4.78 is 5.73. The minimum absolute atomic E-state index is 0.373. The number of aliphatic hydroxyl groups excluding tert-OH is 1. The lowest BCUT2D eigenvalue weighted by Crippen LogP contribution is -2.27. The molecule has 1 fully saturated rings. The number of nitrogens with one attached hydrogen (secondary N) is 1. The van der Waals surface area contributed by atoms with Crippen LogP contribution in [0, 0.1) is 0 Å². The third-order valence-electron chi connectivity index (χ3n) is 4.14. The van der Waals surface area contributed by atoms with Crippen LogP contribution in [-0.2, 0) is 11.2 Å². The minimum atomic E-state index is -0.439. The lowest BCUT2D eigenvalue weighted by atomic mass is 10.1. The number of hydrogen-bond acceptors (Lipinski definition) is 3. The molecule has 1 saturated carbocycles. The summed E-state index contributed by atoms with van der Waals surface area (Å²) in [6.45, 7) is 3.19. The Hall–Kier alpha value is -1.06. The van der Waals surface area contributed by atoms with E-state index in [1.807, 2.05) is 0 Å². The summed E-state index contributed by atoms with van der Waals surface area (Å²) in [4.78, 5) is 0. The molecule has 0 aromatic heterocycles. The van der Waals surface area contributed by atoms with Crippen LogP contribution in [-0.4, -0.2) is 30.5 Å². The van der Waals surface area contributed by atoms with Crippen molar-refractivity contribution >= 4 is 5.69 Å². The average Bonchev–Trinajstić information content (AvgIpc) is 3.03. The summed E-state index contributed by atoms with van der Waals surface area (Å²) in [7, 11) is 0. The van der Waals surface area contributed by atoms with Gasteiger partial charge in [-0.2, -0.15) is 0 Å². The molecule has 0 aliphatic heterocycles. The van der Waals surface area contributed by atoms with Crippen molar-refractivity contribution in [3.05, 3.63) is 29.8 Å². The predicted octanol–water partition coefficient (Wildman–Crippen LogP) is 3.76. The molecule has 3 nitrogen and oxygen atoms in total. The Balaban J connectivity index is 1.64. The number of hydrogen-bond donors (Lipinski definition) is 2. The molecule has 0 radical (unpaired) electrons. The Morgan fingerprint density at radius 2 is 1.95 bits per heavy atom. The third kappa shape index (κ3) is 6.06. The molecule has 3 heteroatoms. The van der Waals surface area contributed by atoms with Gasteiger partial charge in [0.25, 0.3) is 0 Å². The Kier molecular flexibility index (Phi) is 7.04. The standard InChI is InChI=1S/C18H29NO2/c1-2-3-6-15-9-11-16(12-10-15)19-13-17(20)14-21-18-7-4-5-8-18/h9-12,17-20H,2-8,13-14H2,1H3. The molecule has 1 unspecified atom stereocenters. The minimum Gasteiger partial charge on any atom is -0.389 e. The Bertz CT molecular complexity index is 385. The summed E-state index contributed by atoms with van der Waals surface area (Å²) in [5, 5.41) is 13.2. The summed E-state index contributed by atoms with van der Waals surface area (Å²) in [5.41, 5.74) is 2.45. The van der Waals surface area contributed by atoms with Gasteiger partial charge in [0.05, 0.1) is 18.8 Å². The normalized spacial score (nSPS) is 17.0. The van der Waals surface area contributed by atoms with Crippen LogP contribution < -0.4 is 5.32 Å².